The second kappa shape index (κ2) is 5.24. The van der Waals surface area contributed by atoms with E-state index in [9.17, 15) is 32.1 Å². The van der Waals surface area contributed by atoms with Gasteiger partial charge in [0.15, 0.2) is 23.3 Å². The summed E-state index contributed by atoms with van der Waals surface area (Å²) >= 11 is 5.57. The second-order valence-corrected chi connectivity index (χ2v) is 4.10. The molecule has 2 aromatic rings. The molecule has 21 heavy (non-hydrogen) atoms. The Balaban J connectivity index is 2.86. The molecule has 0 aliphatic carbocycles. The molecule has 1 heterocycles. The highest BCUT2D eigenvalue weighted by atomic mass is 35.5. The van der Waals surface area contributed by atoms with Gasteiger partial charge in [0, 0.05) is 11.8 Å². The van der Waals surface area contributed by atoms with Crippen molar-refractivity contribution in [1.82, 2.24) is 4.98 Å². The van der Waals surface area contributed by atoms with E-state index < -0.39 is 55.8 Å². The normalized spacial score (nSPS) is 10.8. The zero-order valence-electron chi connectivity index (χ0n) is 9.63. The second-order valence-electron chi connectivity index (χ2n) is 3.72. The van der Waals surface area contributed by atoms with E-state index in [0.29, 0.717) is 12.4 Å². The molecule has 0 radical (unpaired) electrons. The SMILES string of the molecule is O=[N+]([O-])c1cncc(-c2c(F)c(F)c(F)c(F)c2F)c1Cl. The van der Waals surface area contributed by atoms with Crippen LogP contribution in [0.4, 0.5) is 27.6 Å². The van der Waals surface area contributed by atoms with Crippen LogP contribution in [0.1, 0.15) is 0 Å². The summed E-state index contributed by atoms with van der Waals surface area (Å²) < 4.78 is 66.4. The molecule has 0 amide bonds. The van der Waals surface area contributed by atoms with Crippen molar-refractivity contribution in [3.05, 3.63) is 56.6 Å². The summed E-state index contributed by atoms with van der Waals surface area (Å²) in [5.74, 6) is -11.0. The molecular formula is C11H2ClF5N2O2. The van der Waals surface area contributed by atoms with Gasteiger partial charge in [-0.15, -0.1) is 0 Å². The number of hydrogen-bond acceptors (Lipinski definition) is 3. The molecule has 110 valence electrons. The minimum Gasteiger partial charge on any atom is -0.258 e. The minimum atomic E-state index is -2.34. The van der Waals surface area contributed by atoms with E-state index in [1.807, 2.05) is 0 Å². The maximum absolute atomic E-state index is 13.6. The predicted octanol–water partition coefficient (Wildman–Crippen LogP) is 4.01. The van der Waals surface area contributed by atoms with Crippen molar-refractivity contribution >= 4 is 17.3 Å². The van der Waals surface area contributed by atoms with Gasteiger partial charge in [0.05, 0.1) is 10.5 Å². The number of nitrogens with zero attached hydrogens (tertiary/aromatic N) is 2. The first kappa shape index (κ1) is 15.1. The fourth-order valence-electron chi connectivity index (χ4n) is 1.58. The van der Waals surface area contributed by atoms with Crippen LogP contribution in [-0.4, -0.2) is 9.91 Å². The van der Waals surface area contributed by atoms with Crippen molar-refractivity contribution in [2.75, 3.05) is 0 Å². The van der Waals surface area contributed by atoms with Crippen molar-refractivity contribution in [1.29, 1.82) is 0 Å². The molecule has 0 unspecified atom stereocenters. The van der Waals surface area contributed by atoms with E-state index >= 15 is 0 Å². The van der Waals surface area contributed by atoms with Gasteiger partial charge in [-0.3, -0.25) is 15.1 Å². The molecule has 0 saturated heterocycles. The third-order valence-corrected chi connectivity index (χ3v) is 2.93. The average Bonchev–Trinajstić information content (AvgIpc) is 2.44. The summed E-state index contributed by atoms with van der Waals surface area (Å²) in [6.45, 7) is 0. The summed E-state index contributed by atoms with van der Waals surface area (Å²) in [7, 11) is 0. The van der Waals surface area contributed by atoms with Crippen molar-refractivity contribution in [2.45, 2.75) is 0 Å². The highest BCUT2D eigenvalue weighted by Gasteiger charge is 2.29. The smallest absolute Gasteiger partial charge is 0.258 e. The maximum atomic E-state index is 13.6. The van der Waals surface area contributed by atoms with Crippen LogP contribution in [-0.2, 0) is 0 Å². The van der Waals surface area contributed by atoms with Crippen molar-refractivity contribution < 1.29 is 26.9 Å². The Labute approximate surface area is 117 Å². The molecule has 2 rings (SSSR count). The lowest BCUT2D eigenvalue weighted by Gasteiger charge is -2.09. The Morgan fingerprint density at radius 1 is 0.952 bits per heavy atom. The van der Waals surface area contributed by atoms with Gasteiger partial charge in [0.2, 0.25) is 5.82 Å². The average molecular weight is 325 g/mol. The van der Waals surface area contributed by atoms with Gasteiger partial charge in [-0.25, -0.2) is 22.0 Å². The first-order valence-corrected chi connectivity index (χ1v) is 5.44. The summed E-state index contributed by atoms with van der Waals surface area (Å²) in [5.41, 5.74) is -3.00. The molecule has 0 N–H and O–H groups in total. The summed E-state index contributed by atoms with van der Waals surface area (Å²) in [6, 6.07) is 0. The first-order valence-electron chi connectivity index (χ1n) is 5.07. The van der Waals surface area contributed by atoms with Gasteiger partial charge in [-0.1, -0.05) is 11.6 Å². The van der Waals surface area contributed by atoms with Crippen LogP contribution in [0, 0.1) is 39.2 Å². The van der Waals surface area contributed by atoms with Crippen LogP contribution in [0.3, 0.4) is 0 Å². The highest BCUT2D eigenvalue weighted by Crippen LogP contribution is 2.38. The Hall–Kier alpha value is -2.29. The summed E-state index contributed by atoms with van der Waals surface area (Å²) in [6.07, 6.45) is 1.34. The van der Waals surface area contributed by atoms with Crippen LogP contribution >= 0.6 is 11.6 Å². The number of nitro groups is 1. The summed E-state index contributed by atoms with van der Waals surface area (Å²) in [5, 5.41) is 9.86. The molecule has 0 fully saturated rings. The van der Waals surface area contributed by atoms with Gasteiger partial charge in [0.25, 0.3) is 0 Å². The lowest BCUT2D eigenvalue weighted by molar-refractivity contribution is -0.385. The third kappa shape index (κ3) is 2.29. The molecule has 1 aromatic carbocycles. The van der Waals surface area contributed by atoms with E-state index in [4.69, 9.17) is 11.6 Å². The van der Waals surface area contributed by atoms with E-state index in [0.717, 1.165) is 0 Å². The molecule has 1 aromatic heterocycles. The number of aromatic nitrogens is 1. The topological polar surface area (TPSA) is 56.0 Å². The molecule has 0 bridgehead atoms. The lowest BCUT2D eigenvalue weighted by Crippen LogP contribution is -2.05. The van der Waals surface area contributed by atoms with Gasteiger partial charge >= 0.3 is 5.69 Å². The zero-order valence-corrected chi connectivity index (χ0v) is 10.4. The van der Waals surface area contributed by atoms with Crippen LogP contribution in [0.15, 0.2) is 12.4 Å². The van der Waals surface area contributed by atoms with Crippen molar-refractivity contribution in [3.8, 4) is 11.1 Å². The van der Waals surface area contributed by atoms with E-state index in [1.165, 1.54) is 0 Å². The standard InChI is InChI=1S/C11H2ClF5N2O2/c12-6-3(1-18-2-4(6)19(20)21)5-7(13)9(15)11(17)10(16)8(5)14/h1-2H. The molecular weight excluding hydrogens is 323 g/mol. The fraction of sp³-hybridized carbons (Fsp3) is 0. The first-order chi connectivity index (χ1) is 9.77. The number of halogens is 6. The molecule has 10 heteroatoms. The Bertz CT molecular complexity index is 740. The molecule has 0 aliphatic heterocycles. The zero-order chi connectivity index (χ0) is 15.9. The Kier molecular flexibility index (Phi) is 3.77. The fourth-order valence-corrected chi connectivity index (χ4v) is 1.84. The highest BCUT2D eigenvalue weighted by molar-refractivity contribution is 6.35. The number of rotatable bonds is 2. The van der Waals surface area contributed by atoms with Gasteiger partial charge in [-0.05, 0) is 0 Å². The quantitative estimate of drug-likeness (QED) is 0.276. The van der Waals surface area contributed by atoms with E-state index in [-0.39, 0.29) is 0 Å². The van der Waals surface area contributed by atoms with Crippen LogP contribution in [0.5, 0.6) is 0 Å². The van der Waals surface area contributed by atoms with Crippen LogP contribution < -0.4 is 0 Å². The molecule has 0 spiro atoms. The third-order valence-electron chi connectivity index (χ3n) is 2.54. The van der Waals surface area contributed by atoms with Crippen molar-refractivity contribution in [2.24, 2.45) is 0 Å². The molecule has 0 saturated carbocycles. The van der Waals surface area contributed by atoms with Gasteiger partial charge < -0.3 is 0 Å². The molecule has 0 atom stereocenters. The Morgan fingerprint density at radius 3 is 1.90 bits per heavy atom. The number of pyridine rings is 1. The van der Waals surface area contributed by atoms with E-state index in [1.54, 1.807) is 0 Å². The molecule has 4 nitrogen and oxygen atoms in total. The van der Waals surface area contributed by atoms with Gasteiger partial charge in [0.1, 0.15) is 11.2 Å². The van der Waals surface area contributed by atoms with Crippen LogP contribution in [0.2, 0.25) is 5.02 Å². The lowest BCUT2D eigenvalue weighted by atomic mass is 10.0. The largest absolute Gasteiger partial charge is 0.306 e. The monoisotopic (exact) mass is 324 g/mol. The van der Waals surface area contributed by atoms with Gasteiger partial charge in [-0.2, -0.15) is 0 Å². The Morgan fingerprint density at radius 2 is 1.43 bits per heavy atom. The van der Waals surface area contributed by atoms with Crippen LogP contribution in [0.25, 0.3) is 11.1 Å². The minimum absolute atomic E-state index is 0.660. The maximum Gasteiger partial charge on any atom is 0.306 e. The predicted molar refractivity (Wildman–Crippen MR) is 61.1 cm³/mol. The molecule has 0 aliphatic rings. The van der Waals surface area contributed by atoms with E-state index in [2.05, 4.69) is 4.98 Å². The number of benzene rings is 1. The number of hydrogen-bond donors (Lipinski definition) is 0. The summed E-state index contributed by atoms with van der Waals surface area (Å²) in [4.78, 5) is 12.9. The van der Waals surface area contributed by atoms with Crippen molar-refractivity contribution in [3.63, 3.8) is 0 Å².